The summed E-state index contributed by atoms with van der Waals surface area (Å²) in [4.78, 5) is 13.4. The largest absolute Gasteiger partial charge is 0.480 e. The first-order valence-electron chi connectivity index (χ1n) is 7.26. The fourth-order valence-electron chi connectivity index (χ4n) is 3.06. The van der Waals surface area contributed by atoms with Crippen molar-refractivity contribution in [3.63, 3.8) is 0 Å². The molecule has 0 aromatic heterocycles. The molecule has 0 bridgehead atoms. The lowest BCUT2D eigenvalue weighted by atomic mass is 9.84. The van der Waals surface area contributed by atoms with Crippen LogP contribution in [-0.4, -0.2) is 28.6 Å². The van der Waals surface area contributed by atoms with E-state index < -0.39 is 12.0 Å². The lowest BCUT2D eigenvalue weighted by Gasteiger charge is -2.37. The topological polar surface area (TPSA) is 40.5 Å². The van der Waals surface area contributed by atoms with Crippen LogP contribution in [0.2, 0.25) is 0 Å². The molecule has 0 aliphatic carbocycles. The van der Waals surface area contributed by atoms with E-state index in [0.29, 0.717) is 6.54 Å². The number of hydrogen-bond donors (Lipinski definition) is 1. The zero-order valence-electron chi connectivity index (χ0n) is 12.1. The predicted octanol–water partition coefficient (Wildman–Crippen LogP) is 3.11. The lowest BCUT2D eigenvalue weighted by Crippen LogP contribution is -2.43. The van der Waals surface area contributed by atoms with Crippen LogP contribution in [-0.2, 0) is 11.3 Å². The van der Waals surface area contributed by atoms with Crippen molar-refractivity contribution in [2.45, 2.75) is 25.4 Å². The second kappa shape index (κ2) is 5.70. The number of fused-ring (bicyclic) bond motifs is 1. The summed E-state index contributed by atoms with van der Waals surface area (Å²) in [6.07, 6.45) is 0. The van der Waals surface area contributed by atoms with Gasteiger partial charge in [-0.15, -0.1) is 0 Å². The molecule has 3 nitrogen and oxygen atoms in total. The molecular formula is C18H19NO2. The zero-order chi connectivity index (χ0) is 14.8. The van der Waals surface area contributed by atoms with Crippen LogP contribution in [0.1, 0.15) is 29.5 Å². The Labute approximate surface area is 124 Å². The highest BCUT2D eigenvalue weighted by Crippen LogP contribution is 2.34. The third-order valence-electron chi connectivity index (χ3n) is 4.33. The number of hydrogen-bond acceptors (Lipinski definition) is 2. The van der Waals surface area contributed by atoms with Gasteiger partial charge in [0, 0.05) is 19.0 Å². The highest BCUT2D eigenvalue weighted by molar-refractivity contribution is 5.73. The quantitative estimate of drug-likeness (QED) is 0.939. The molecule has 3 rings (SSSR count). The first-order valence-corrected chi connectivity index (χ1v) is 7.26. The molecule has 3 heteroatoms. The molecule has 1 aliphatic heterocycles. The molecule has 0 amide bonds. The van der Waals surface area contributed by atoms with E-state index in [0.717, 1.165) is 6.54 Å². The monoisotopic (exact) mass is 281 g/mol. The second-order valence-electron chi connectivity index (χ2n) is 5.61. The summed E-state index contributed by atoms with van der Waals surface area (Å²) in [5.74, 6) is -0.529. The lowest BCUT2D eigenvalue weighted by molar-refractivity contribution is -0.143. The van der Waals surface area contributed by atoms with Crippen LogP contribution in [0.15, 0.2) is 54.6 Å². The average Bonchev–Trinajstić information content (AvgIpc) is 2.53. The van der Waals surface area contributed by atoms with E-state index in [4.69, 9.17) is 0 Å². The maximum absolute atomic E-state index is 11.3. The van der Waals surface area contributed by atoms with Gasteiger partial charge in [-0.05, 0) is 23.6 Å². The van der Waals surface area contributed by atoms with E-state index in [2.05, 4.69) is 30.3 Å². The maximum atomic E-state index is 11.3. The summed E-state index contributed by atoms with van der Waals surface area (Å²) >= 11 is 0. The van der Waals surface area contributed by atoms with Crippen LogP contribution >= 0.6 is 0 Å². The number of carbonyl (C=O) groups is 1. The normalized spacial score (nSPS) is 19.8. The summed E-state index contributed by atoms with van der Waals surface area (Å²) in [6.45, 7) is 3.21. The van der Waals surface area contributed by atoms with E-state index in [-0.39, 0.29) is 5.92 Å². The smallest absolute Gasteiger partial charge is 0.320 e. The van der Waals surface area contributed by atoms with E-state index in [1.165, 1.54) is 16.7 Å². The van der Waals surface area contributed by atoms with E-state index >= 15 is 0 Å². The molecule has 2 aromatic carbocycles. The van der Waals surface area contributed by atoms with E-state index in [1.807, 2.05) is 29.2 Å². The minimum Gasteiger partial charge on any atom is -0.480 e. The van der Waals surface area contributed by atoms with Gasteiger partial charge in [-0.25, -0.2) is 0 Å². The van der Waals surface area contributed by atoms with Gasteiger partial charge in [-0.3, -0.25) is 9.69 Å². The summed E-state index contributed by atoms with van der Waals surface area (Å²) in [6, 6.07) is 18.2. The molecule has 0 fully saturated rings. The predicted molar refractivity (Wildman–Crippen MR) is 82.2 cm³/mol. The van der Waals surface area contributed by atoms with E-state index in [1.54, 1.807) is 6.92 Å². The molecule has 1 N–H and O–H groups in total. The van der Waals surface area contributed by atoms with Crippen LogP contribution in [0.3, 0.4) is 0 Å². The van der Waals surface area contributed by atoms with Crippen LogP contribution in [0.5, 0.6) is 0 Å². The SMILES string of the molecule is C[C@H](C(=O)O)N1Cc2ccccc2[C@@H](c2ccccc2)C1. The fraction of sp³-hybridized carbons (Fsp3) is 0.278. The highest BCUT2D eigenvalue weighted by atomic mass is 16.4. The second-order valence-corrected chi connectivity index (χ2v) is 5.61. The standard InChI is InChI=1S/C18H19NO2/c1-13(18(20)21)19-11-15-9-5-6-10-16(15)17(12-19)14-7-3-2-4-8-14/h2-10,13,17H,11-12H2,1H3,(H,20,21)/t13-,17-/m1/s1. The van der Waals surface area contributed by atoms with Gasteiger partial charge in [-0.2, -0.15) is 0 Å². The summed E-state index contributed by atoms with van der Waals surface area (Å²) in [7, 11) is 0. The first-order chi connectivity index (χ1) is 10.2. The van der Waals surface area contributed by atoms with Gasteiger partial charge in [0.15, 0.2) is 0 Å². The third-order valence-corrected chi connectivity index (χ3v) is 4.33. The zero-order valence-corrected chi connectivity index (χ0v) is 12.1. The maximum Gasteiger partial charge on any atom is 0.320 e. The Kier molecular flexibility index (Phi) is 3.76. The highest BCUT2D eigenvalue weighted by Gasteiger charge is 2.31. The molecule has 0 unspecified atom stereocenters. The molecule has 21 heavy (non-hydrogen) atoms. The van der Waals surface area contributed by atoms with Gasteiger partial charge in [0.25, 0.3) is 0 Å². The van der Waals surface area contributed by atoms with Crippen molar-refractivity contribution in [2.24, 2.45) is 0 Å². The van der Waals surface area contributed by atoms with Gasteiger partial charge in [-0.1, -0.05) is 54.6 Å². The number of nitrogens with zero attached hydrogens (tertiary/aromatic N) is 1. The minimum atomic E-state index is -0.763. The summed E-state index contributed by atoms with van der Waals surface area (Å²) < 4.78 is 0. The molecular weight excluding hydrogens is 262 g/mol. The van der Waals surface area contributed by atoms with Crippen molar-refractivity contribution in [1.82, 2.24) is 4.90 Å². The van der Waals surface area contributed by atoms with Crippen molar-refractivity contribution in [3.05, 3.63) is 71.3 Å². The fourth-order valence-corrected chi connectivity index (χ4v) is 3.06. The first kappa shape index (κ1) is 13.8. The number of benzene rings is 2. The van der Waals surface area contributed by atoms with Crippen molar-refractivity contribution in [3.8, 4) is 0 Å². The molecule has 0 radical (unpaired) electrons. The molecule has 1 heterocycles. The van der Waals surface area contributed by atoms with Gasteiger partial charge >= 0.3 is 5.97 Å². The van der Waals surface area contributed by atoms with Crippen molar-refractivity contribution < 1.29 is 9.90 Å². The Morgan fingerprint density at radius 1 is 1.14 bits per heavy atom. The Bertz CT molecular complexity index is 639. The molecule has 0 spiro atoms. The molecule has 0 saturated carbocycles. The number of rotatable bonds is 3. The molecule has 0 saturated heterocycles. The molecule has 1 aliphatic rings. The van der Waals surface area contributed by atoms with E-state index in [9.17, 15) is 9.90 Å². The number of aliphatic carboxylic acids is 1. The minimum absolute atomic E-state index is 0.234. The van der Waals surface area contributed by atoms with Crippen molar-refractivity contribution in [1.29, 1.82) is 0 Å². The van der Waals surface area contributed by atoms with Crippen molar-refractivity contribution in [2.75, 3.05) is 6.54 Å². The van der Waals surface area contributed by atoms with Gasteiger partial charge in [0.2, 0.25) is 0 Å². The Morgan fingerprint density at radius 3 is 2.52 bits per heavy atom. The summed E-state index contributed by atoms with van der Waals surface area (Å²) in [5.41, 5.74) is 3.79. The molecule has 2 atom stereocenters. The number of carboxylic acid groups (broad SMARTS) is 1. The Balaban J connectivity index is 2.00. The number of carboxylic acids is 1. The van der Waals surface area contributed by atoms with Crippen LogP contribution in [0, 0.1) is 0 Å². The van der Waals surface area contributed by atoms with Crippen LogP contribution < -0.4 is 0 Å². The Morgan fingerprint density at radius 2 is 1.81 bits per heavy atom. The van der Waals surface area contributed by atoms with Crippen molar-refractivity contribution >= 4 is 5.97 Å². The van der Waals surface area contributed by atoms with Gasteiger partial charge in [0.05, 0.1) is 0 Å². The van der Waals surface area contributed by atoms with Gasteiger partial charge < -0.3 is 5.11 Å². The van der Waals surface area contributed by atoms with Crippen LogP contribution in [0.4, 0.5) is 0 Å². The molecule has 2 aromatic rings. The third kappa shape index (κ3) is 2.69. The van der Waals surface area contributed by atoms with Gasteiger partial charge in [0.1, 0.15) is 6.04 Å². The summed E-state index contributed by atoms with van der Waals surface area (Å²) in [5, 5.41) is 9.30. The molecule has 108 valence electrons. The Hall–Kier alpha value is -2.13. The average molecular weight is 281 g/mol. The van der Waals surface area contributed by atoms with Crippen LogP contribution in [0.25, 0.3) is 0 Å².